The highest BCUT2D eigenvalue weighted by Crippen LogP contribution is 2.19. The largest absolute Gasteiger partial charge is 0.365 e. The van der Waals surface area contributed by atoms with Crippen molar-refractivity contribution in [3.8, 4) is 0 Å². The number of sulfone groups is 1. The van der Waals surface area contributed by atoms with Crippen molar-refractivity contribution in [1.29, 1.82) is 0 Å². The van der Waals surface area contributed by atoms with Crippen molar-refractivity contribution in [2.24, 2.45) is 0 Å². The molecule has 0 aromatic heterocycles. The van der Waals surface area contributed by atoms with Gasteiger partial charge < -0.3 is 4.74 Å². The predicted molar refractivity (Wildman–Crippen MR) is 59.5 cm³/mol. The lowest BCUT2D eigenvalue weighted by atomic mass is 10.2. The minimum absolute atomic E-state index is 0.321. The Hall–Kier alpha value is -0.870. The molecule has 1 unspecified atom stereocenters. The summed E-state index contributed by atoms with van der Waals surface area (Å²) in [6.45, 7) is 3.71. The van der Waals surface area contributed by atoms with Gasteiger partial charge in [0.1, 0.15) is 0 Å². The van der Waals surface area contributed by atoms with Gasteiger partial charge in [-0.2, -0.15) is 0 Å². The summed E-state index contributed by atoms with van der Waals surface area (Å²) < 4.78 is 28.9. The summed E-state index contributed by atoms with van der Waals surface area (Å²) in [5.41, 5.74) is 0.291. The highest BCUT2D eigenvalue weighted by molar-refractivity contribution is 7.91. The molecular weight excluding hydrogens is 212 g/mol. The summed E-state index contributed by atoms with van der Waals surface area (Å²) in [5.74, 6) is 0. The molecule has 1 aromatic rings. The highest BCUT2D eigenvalue weighted by atomic mass is 32.2. The van der Waals surface area contributed by atoms with E-state index in [4.69, 9.17) is 4.74 Å². The van der Waals surface area contributed by atoms with Crippen LogP contribution in [0.5, 0.6) is 0 Å². The summed E-state index contributed by atoms with van der Waals surface area (Å²) in [6.07, 6.45) is 0.451. The third-order valence-corrected chi connectivity index (χ3v) is 4.44. The SMILES string of the molecule is CCC(OC)S(=O)(=O)c1ccc(C)cc1. The lowest BCUT2D eigenvalue weighted by molar-refractivity contribution is 0.160. The van der Waals surface area contributed by atoms with Crippen LogP contribution in [0.25, 0.3) is 0 Å². The summed E-state index contributed by atoms with van der Waals surface area (Å²) in [5, 5.41) is 0. The molecule has 4 heteroatoms. The van der Waals surface area contributed by atoms with Gasteiger partial charge in [-0.3, -0.25) is 0 Å². The van der Waals surface area contributed by atoms with Gasteiger partial charge in [0.05, 0.1) is 4.90 Å². The van der Waals surface area contributed by atoms with Crippen LogP contribution in [-0.2, 0) is 14.6 Å². The molecule has 0 saturated carbocycles. The molecule has 1 aromatic carbocycles. The molecule has 0 aliphatic heterocycles. The first-order valence-electron chi connectivity index (χ1n) is 4.85. The van der Waals surface area contributed by atoms with Crippen LogP contribution >= 0.6 is 0 Å². The molecule has 0 aliphatic rings. The zero-order valence-electron chi connectivity index (χ0n) is 9.23. The maximum absolute atomic E-state index is 12.0. The van der Waals surface area contributed by atoms with Gasteiger partial charge in [-0.15, -0.1) is 0 Å². The van der Waals surface area contributed by atoms with Crippen LogP contribution in [0.15, 0.2) is 29.2 Å². The molecule has 0 amide bonds. The third kappa shape index (κ3) is 2.58. The second-order valence-corrected chi connectivity index (χ2v) is 5.52. The van der Waals surface area contributed by atoms with Gasteiger partial charge in [-0.1, -0.05) is 24.6 Å². The smallest absolute Gasteiger partial charge is 0.205 e. The standard InChI is InChI=1S/C11H16O3S/c1-4-11(14-3)15(12,13)10-7-5-9(2)6-8-10/h5-8,11H,4H2,1-3H3. The second kappa shape index (κ2) is 4.77. The Morgan fingerprint density at radius 2 is 1.80 bits per heavy atom. The van der Waals surface area contributed by atoms with Gasteiger partial charge >= 0.3 is 0 Å². The Morgan fingerprint density at radius 1 is 1.27 bits per heavy atom. The van der Waals surface area contributed by atoms with Crippen molar-refractivity contribution in [1.82, 2.24) is 0 Å². The van der Waals surface area contributed by atoms with E-state index in [0.717, 1.165) is 5.56 Å². The van der Waals surface area contributed by atoms with Crippen LogP contribution in [0.3, 0.4) is 0 Å². The van der Waals surface area contributed by atoms with Crippen molar-refractivity contribution in [2.75, 3.05) is 7.11 Å². The topological polar surface area (TPSA) is 43.4 Å². The first kappa shape index (κ1) is 12.2. The highest BCUT2D eigenvalue weighted by Gasteiger charge is 2.25. The molecule has 84 valence electrons. The quantitative estimate of drug-likeness (QED) is 0.793. The van der Waals surface area contributed by atoms with Crippen LogP contribution in [0.4, 0.5) is 0 Å². The van der Waals surface area contributed by atoms with Crippen LogP contribution in [0.2, 0.25) is 0 Å². The number of hydrogen-bond donors (Lipinski definition) is 0. The van der Waals surface area contributed by atoms with E-state index in [9.17, 15) is 8.42 Å². The molecule has 1 atom stereocenters. The minimum Gasteiger partial charge on any atom is -0.365 e. The van der Waals surface area contributed by atoms with E-state index < -0.39 is 15.3 Å². The molecule has 15 heavy (non-hydrogen) atoms. The zero-order valence-corrected chi connectivity index (χ0v) is 10.0. The fourth-order valence-electron chi connectivity index (χ4n) is 1.39. The maximum Gasteiger partial charge on any atom is 0.205 e. The van der Waals surface area contributed by atoms with Crippen LogP contribution in [0, 0.1) is 6.92 Å². The Kier molecular flexibility index (Phi) is 3.88. The maximum atomic E-state index is 12.0. The molecule has 0 spiro atoms. The molecule has 0 N–H and O–H groups in total. The molecule has 0 saturated heterocycles. The minimum atomic E-state index is -3.34. The second-order valence-electron chi connectivity index (χ2n) is 3.43. The normalized spacial score (nSPS) is 13.8. The van der Waals surface area contributed by atoms with Gasteiger partial charge in [0.25, 0.3) is 0 Å². The van der Waals surface area contributed by atoms with E-state index in [1.807, 2.05) is 6.92 Å². The first-order valence-corrected chi connectivity index (χ1v) is 6.40. The molecule has 0 heterocycles. The Balaban J connectivity index is 3.11. The van der Waals surface area contributed by atoms with E-state index in [1.165, 1.54) is 7.11 Å². The van der Waals surface area contributed by atoms with Crippen LogP contribution < -0.4 is 0 Å². The van der Waals surface area contributed by atoms with Crippen LogP contribution in [0.1, 0.15) is 18.9 Å². The number of methoxy groups -OCH3 is 1. The van der Waals surface area contributed by atoms with E-state index >= 15 is 0 Å². The Morgan fingerprint density at radius 3 is 2.20 bits per heavy atom. The molecule has 0 aliphatic carbocycles. The molecule has 0 fully saturated rings. The van der Waals surface area contributed by atoms with E-state index in [2.05, 4.69) is 0 Å². The van der Waals surface area contributed by atoms with E-state index in [1.54, 1.807) is 31.2 Å². The van der Waals surface area contributed by atoms with Gasteiger partial charge in [0.15, 0.2) is 5.44 Å². The van der Waals surface area contributed by atoms with E-state index in [0.29, 0.717) is 11.3 Å². The molecule has 0 radical (unpaired) electrons. The van der Waals surface area contributed by atoms with Crippen molar-refractivity contribution in [3.63, 3.8) is 0 Å². The summed E-state index contributed by atoms with van der Waals surface area (Å²) in [6, 6.07) is 6.81. The lowest BCUT2D eigenvalue weighted by Crippen LogP contribution is -2.22. The fraction of sp³-hybridized carbons (Fsp3) is 0.455. The van der Waals surface area contributed by atoms with Gasteiger partial charge in [-0.05, 0) is 25.5 Å². The van der Waals surface area contributed by atoms with E-state index in [-0.39, 0.29) is 0 Å². The third-order valence-electron chi connectivity index (χ3n) is 2.29. The Labute approximate surface area is 91.0 Å². The van der Waals surface area contributed by atoms with Crippen LogP contribution in [-0.4, -0.2) is 21.0 Å². The fourth-order valence-corrected chi connectivity index (χ4v) is 2.90. The average molecular weight is 228 g/mol. The predicted octanol–water partition coefficient (Wildman–Crippen LogP) is 2.15. The lowest BCUT2D eigenvalue weighted by Gasteiger charge is -2.14. The van der Waals surface area contributed by atoms with Crippen molar-refractivity contribution in [2.45, 2.75) is 30.6 Å². The number of benzene rings is 1. The monoisotopic (exact) mass is 228 g/mol. The number of hydrogen-bond acceptors (Lipinski definition) is 3. The van der Waals surface area contributed by atoms with Gasteiger partial charge in [0, 0.05) is 7.11 Å². The molecule has 1 rings (SSSR count). The molecule has 0 bridgehead atoms. The summed E-state index contributed by atoms with van der Waals surface area (Å²) >= 11 is 0. The van der Waals surface area contributed by atoms with Crippen molar-refractivity contribution < 1.29 is 13.2 Å². The number of aryl methyl sites for hydroxylation is 1. The molecule has 3 nitrogen and oxygen atoms in total. The first-order chi connectivity index (χ1) is 7.02. The Bertz CT molecular complexity index is 402. The van der Waals surface area contributed by atoms with Crippen molar-refractivity contribution in [3.05, 3.63) is 29.8 Å². The van der Waals surface area contributed by atoms with Gasteiger partial charge in [0.2, 0.25) is 9.84 Å². The molecular formula is C11H16O3S. The number of rotatable bonds is 4. The van der Waals surface area contributed by atoms with Gasteiger partial charge in [-0.25, -0.2) is 8.42 Å². The summed E-state index contributed by atoms with van der Waals surface area (Å²) in [7, 11) is -1.92. The average Bonchev–Trinajstić information content (AvgIpc) is 2.19. The number of ether oxygens (including phenoxy) is 1. The van der Waals surface area contributed by atoms with Crippen molar-refractivity contribution >= 4 is 9.84 Å². The summed E-state index contributed by atoms with van der Waals surface area (Å²) in [4.78, 5) is 0.321. The zero-order chi connectivity index (χ0) is 11.5.